The van der Waals surface area contributed by atoms with Crippen LogP contribution >= 0.6 is 11.3 Å². The molecule has 0 saturated carbocycles. The number of amides is 1. The van der Waals surface area contributed by atoms with Crippen LogP contribution in [0.25, 0.3) is 0 Å². The van der Waals surface area contributed by atoms with Gasteiger partial charge in [-0.2, -0.15) is 13.2 Å². The smallest absolute Gasteiger partial charge is 0.298 e. The Balaban J connectivity index is 1.77. The molecule has 0 saturated heterocycles. The number of hydrogen-bond donors (Lipinski definition) is 1. The Morgan fingerprint density at radius 1 is 1.39 bits per heavy atom. The van der Waals surface area contributed by atoms with Crippen molar-refractivity contribution in [3.63, 3.8) is 0 Å². The first-order chi connectivity index (χ1) is 10.8. The zero-order chi connectivity index (χ0) is 16.6. The van der Waals surface area contributed by atoms with Crippen LogP contribution in [0.4, 0.5) is 18.3 Å². The van der Waals surface area contributed by atoms with E-state index in [1.165, 1.54) is 23.5 Å². The van der Waals surface area contributed by atoms with Gasteiger partial charge >= 0.3 is 6.18 Å². The molecule has 0 spiro atoms. The number of nitrogens with zero attached hydrogens (tertiary/aromatic N) is 1. The van der Waals surface area contributed by atoms with Gasteiger partial charge in [-0.15, -0.1) is 11.3 Å². The third-order valence-electron chi connectivity index (χ3n) is 3.86. The van der Waals surface area contributed by atoms with Gasteiger partial charge in [0.15, 0.2) is 5.13 Å². The Labute approximate surface area is 135 Å². The summed E-state index contributed by atoms with van der Waals surface area (Å²) in [5, 5.41) is 3.06. The average molecular weight is 340 g/mol. The molecule has 2 aromatic rings. The van der Waals surface area contributed by atoms with Gasteiger partial charge in [-0.25, -0.2) is 4.98 Å². The summed E-state index contributed by atoms with van der Waals surface area (Å²) in [6.07, 6.45) is -1.58. The number of aryl methyl sites for hydroxylation is 1. The highest BCUT2D eigenvalue weighted by Crippen LogP contribution is 2.33. The summed E-state index contributed by atoms with van der Waals surface area (Å²) in [6.45, 7) is 2.17. The Morgan fingerprint density at radius 3 is 2.91 bits per heavy atom. The van der Waals surface area contributed by atoms with Crippen LogP contribution in [0.1, 0.15) is 39.8 Å². The van der Waals surface area contributed by atoms with Crippen molar-refractivity contribution in [3.05, 3.63) is 46.0 Å². The minimum absolute atomic E-state index is 0.0265. The molecule has 1 aliphatic rings. The van der Waals surface area contributed by atoms with Gasteiger partial charge in [-0.3, -0.25) is 10.1 Å². The Hall–Kier alpha value is -1.89. The lowest BCUT2D eigenvalue weighted by molar-refractivity contribution is -0.137. The molecule has 1 heterocycles. The molecule has 3 nitrogen and oxygen atoms in total. The van der Waals surface area contributed by atoms with Crippen LogP contribution < -0.4 is 5.32 Å². The molecule has 0 radical (unpaired) electrons. The Bertz CT molecular complexity index is 739. The largest absolute Gasteiger partial charge is 0.416 e. The van der Waals surface area contributed by atoms with Gasteiger partial charge in [-0.05, 0) is 43.4 Å². The Kier molecular flexibility index (Phi) is 4.14. The number of carbonyl (C=O) groups is 1. The van der Waals surface area contributed by atoms with Crippen molar-refractivity contribution >= 4 is 22.4 Å². The molecular weight excluding hydrogens is 325 g/mol. The van der Waals surface area contributed by atoms with Crippen LogP contribution in [0.3, 0.4) is 0 Å². The van der Waals surface area contributed by atoms with Crippen molar-refractivity contribution in [1.82, 2.24) is 4.98 Å². The molecule has 7 heteroatoms. The first-order valence-corrected chi connectivity index (χ1v) is 8.12. The van der Waals surface area contributed by atoms with E-state index < -0.39 is 17.6 Å². The number of carbonyl (C=O) groups excluding carboxylic acids is 1. The van der Waals surface area contributed by atoms with Crippen molar-refractivity contribution in [2.24, 2.45) is 5.92 Å². The van der Waals surface area contributed by atoms with Gasteiger partial charge in [-0.1, -0.05) is 13.0 Å². The quantitative estimate of drug-likeness (QED) is 0.872. The molecule has 1 aromatic heterocycles. The first kappa shape index (κ1) is 16.0. The molecule has 1 aromatic carbocycles. The molecule has 0 bridgehead atoms. The maximum atomic E-state index is 12.7. The van der Waals surface area contributed by atoms with E-state index in [0.717, 1.165) is 42.0 Å². The monoisotopic (exact) mass is 340 g/mol. The molecule has 122 valence electrons. The van der Waals surface area contributed by atoms with Crippen molar-refractivity contribution < 1.29 is 18.0 Å². The number of fused-ring (bicyclic) bond motifs is 1. The molecule has 0 aliphatic heterocycles. The minimum atomic E-state index is -4.47. The van der Waals surface area contributed by atoms with Crippen molar-refractivity contribution in [2.45, 2.75) is 32.4 Å². The van der Waals surface area contributed by atoms with Gasteiger partial charge in [0.1, 0.15) is 0 Å². The van der Waals surface area contributed by atoms with Crippen molar-refractivity contribution in [3.8, 4) is 0 Å². The van der Waals surface area contributed by atoms with Crippen LogP contribution in [0.15, 0.2) is 24.3 Å². The maximum absolute atomic E-state index is 12.7. The van der Waals surface area contributed by atoms with Crippen LogP contribution in [0.2, 0.25) is 0 Å². The van der Waals surface area contributed by atoms with Gasteiger partial charge in [0.05, 0.1) is 11.3 Å². The van der Waals surface area contributed by atoms with E-state index in [9.17, 15) is 18.0 Å². The fraction of sp³-hybridized carbons (Fsp3) is 0.375. The topological polar surface area (TPSA) is 42.0 Å². The summed E-state index contributed by atoms with van der Waals surface area (Å²) in [5.74, 6) is 0.0187. The van der Waals surface area contributed by atoms with Gasteiger partial charge in [0.25, 0.3) is 5.91 Å². The summed E-state index contributed by atoms with van der Waals surface area (Å²) in [7, 11) is 0. The van der Waals surface area contributed by atoms with E-state index >= 15 is 0 Å². The van der Waals surface area contributed by atoms with Gasteiger partial charge in [0.2, 0.25) is 0 Å². The van der Waals surface area contributed by atoms with Gasteiger partial charge in [0, 0.05) is 10.4 Å². The summed E-state index contributed by atoms with van der Waals surface area (Å²) < 4.78 is 38.1. The zero-order valence-corrected chi connectivity index (χ0v) is 13.2. The Morgan fingerprint density at radius 2 is 2.17 bits per heavy atom. The average Bonchev–Trinajstić information content (AvgIpc) is 2.87. The predicted octanol–water partition coefficient (Wildman–Crippen LogP) is 4.54. The lowest BCUT2D eigenvalue weighted by Gasteiger charge is -2.15. The van der Waals surface area contributed by atoms with E-state index in [0.29, 0.717) is 11.0 Å². The van der Waals surface area contributed by atoms with E-state index in [1.807, 2.05) is 0 Å². The number of halogens is 3. The molecule has 0 fully saturated rings. The molecule has 23 heavy (non-hydrogen) atoms. The number of hydrogen-bond acceptors (Lipinski definition) is 3. The fourth-order valence-electron chi connectivity index (χ4n) is 2.60. The van der Waals surface area contributed by atoms with E-state index in [-0.39, 0.29) is 5.56 Å². The van der Waals surface area contributed by atoms with Crippen molar-refractivity contribution in [1.29, 1.82) is 0 Å². The molecule has 1 atom stereocenters. The third kappa shape index (κ3) is 3.55. The number of benzene rings is 1. The number of alkyl halides is 3. The third-order valence-corrected chi connectivity index (χ3v) is 4.89. The second kappa shape index (κ2) is 5.96. The summed E-state index contributed by atoms with van der Waals surface area (Å²) in [4.78, 5) is 17.7. The highest BCUT2D eigenvalue weighted by Gasteiger charge is 2.31. The number of rotatable bonds is 2. The van der Waals surface area contributed by atoms with Crippen molar-refractivity contribution in [2.75, 3.05) is 5.32 Å². The van der Waals surface area contributed by atoms with E-state index in [2.05, 4.69) is 17.2 Å². The van der Waals surface area contributed by atoms with E-state index in [1.54, 1.807) is 0 Å². The molecule has 3 rings (SSSR count). The number of thiazole rings is 1. The predicted molar refractivity (Wildman–Crippen MR) is 82.7 cm³/mol. The summed E-state index contributed by atoms with van der Waals surface area (Å²) >= 11 is 1.41. The van der Waals surface area contributed by atoms with Crippen LogP contribution in [0.5, 0.6) is 0 Å². The second-order valence-corrected chi connectivity index (χ2v) is 6.85. The molecule has 1 unspecified atom stereocenters. The molecule has 1 amide bonds. The van der Waals surface area contributed by atoms with E-state index in [4.69, 9.17) is 0 Å². The highest BCUT2D eigenvalue weighted by molar-refractivity contribution is 7.15. The standard InChI is InChI=1S/C16H15F3N2OS/c1-9-5-6-12-13(7-9)23-15(20-12)21-14(22)10-3-2-4-11(8-10)16(17,18)19/h2-4,8-9H,5-7H2,1H3,(H,20,21,22). The maximum Gasteiger partial charge on any atom is 0.416 e. The zero-order valence-electron chi connectivity index (χ0n) is 12.4. The number of aromatic nitrogens is 1. The van der Waals surface area contributed by atoms with Gasteiger partial charge < -0.3 is 0 Å². The molecule has 1 N–H and O–H groups in total. The fourth-order valence-corrected chi connectivity index (χ4v) is 3.77. The summed E-state index contributed by atoms with van der Waals surface area (Å²) in [5.41, 5.74) is 0.131. The minimum Gasteiger partial charge on any atom is -0.298 e. The van der Waals surface area contributed by atoms with Crippen LogP contribution in [0, 0.1) is 5.92 Å². The number of nitrogens with one attached hydrogen (secondary N) is 1. The lowest BCUT2D eigenvalue weighted by Crippen LogP contribution is -2.14. The highest BCUT2D eigenvalue weighted by atomic mass is 32.1. The first-order valence-electron chi connectivity index (χ1n) is 7.30. The summed E-state index contributed by atoms with van der Waals surface area (Å²) in [6, 6.07) is 4.39. The molecular formula is C16H15F3N2OS. The second-order valence-electron chi connectivity index (χ2n) is 5.77. The SMILES string of the molecule is CC1CCc2nc(NC(=O)c3cccc(C(F)(F)F)c3)sc2C1. The normalized spacial score (nSPS) is 17.7. The molecule has 1 aliphatic carbocycles. The van der Waals surface area contributed by atoms with Crippen LogP contribution in [-0.2, 0) is 19.0 Å². The lowest BCUT2D eigenvalue weighted by atomic mass is 9.93. The number of anilines is 1. The van der Waals surface area contributed by atoms with Crippen LogP contribution in [-0.4, -0.2) is 10.9 Å².